The van der Waals surface area contributed by atoms with E-state index in [1.807, 2.05) is 12.1 Å². The maximum Gasteiger partial charge on any atom is 0.258 e. The molecule has 5 heteroatoms. The van der Waals surface area contributed by atoms with Gasteiger partial charge in [0.2, 0.25) is 0 Å². The highest BCUT2D eigenvalue weighted by Crippen LogP contribution is 2.24. The van der Waals surface area contributed by atoms with Crippen LogP contribution in [0, 0.1) is 5.82 Å². The molecule has 3 rings (SSSR count). The number of halogens is 2. The van der Waals surface area contributed by atoms with Gasteiger partial charge in [-0.2, -0.15) is 0 Å². The van der Waals surface area contributed by atoms with Crippen LogP contribution in [0.4, 0.5) is 10.1 Å². The third-order valence-electron chi connectivity index (χ3n) is 3.97. The minimum Gasteiger partial charge on any atom is -0.497 e. The van der Waals surface area contributed by atoms with Crippen molar-refractivity contribution in [1.29, 1.82) is 0 Å². The van der Waals surface area contributed by atoms with Crippen molar-refractivity contribution in [2.45, 2.75) is 6.54 Å². The van der Waals surface area contributed by atoms with E-state index >= 15 is 0 Å². The first-order valence-electron chi connectivity index (χ1n) is 8.03. The number of nitrogens with zero attached hydrogens (tertiary/aromatic N) is 1. The molecule has 0 aliphatic carbocycles. The lowest BCUT2D eigenvalue weighted by molar-refractivity contribution is 0.0985. The third-order valence-corrected chi connectivity index (χ3v) is 4.23. The second kappa shape index (κ2) is 8.02. The lowest BCUT2D eigenvalue weighted by Crippen LogP contribution is -2.30. The number of carbonyl (C=O) groups excluding carboxylic acids is 1. The number of anilines is 1. The number of methoxy groups -OCH3 is 1. The zero-order chi connectivity index (χ0) is 18.5. The first-order valence-corrected chi connectivity index (χ1v) is 8.40. The summed E-state index contributed by atoms with van der Waals surface area (Å²) >= 11 is 5.92. The number of amides is 1. The Morgan fingerprint density at radius 1 is 0.962 bits per heavy atom. The van der Waals surface area contributed by atoms with Crippen LogP contribution in [0.2, 0.25) is 5.02 Å². The second-order valence-electron chi connectivity index (χ2n) is 5.72. The Morgan fingerprint density at radius 2 is 1.58 bits per heavy atom. The molecule has 26 heavy (non-hydrogen) atoms. The van der Waals surface area contributed by atoms with Gasteiger partial charge in [-0.3, -0.25) is 4.79 Å². The molecule has 0 radical (unpaired) electrons. The minimum absolute atomic E-state index is 0.170. The molecule has 0 spiro atoms. The summed E-state index contributed by atoms with van der Waals surface area (Å²) in [7, 11) is 1.59. The Kier molecular flexibility index (Phi) is 5.54. The molecule has 0 saturated heterocycles. The maximum absolute atomic E-state index is 13.2. The number of rotatable bonds is 5. The van der Waals surface area contributed by atoms with Gasteiger partial charge in [0.25, 0.3) is 5.91 Å². The van der Waals surface area contributed by atoms with Crippen LogP contribution in [0.3, 0.4) is 0 Å². The van der Waals surface area contributed by atoms with E-state index in [9.17, 15) is 9.18 Å². The summed E-state index contributed by atoms with van der Waals surface area (Å²) in [6, 6.07) is 20.1. The van der Waals surface area contributed by atoms with Crippen molar-refractivity contribution in [2.24, 2.45) is 0 Å². The molecule has 0 bridgehead atoms. The van der Waals surface area contributed by atoms with E-state index in [1.165, 1.54) is 12.1 Å². The van der Waals surface area contributed by atoms with Crippen LogP contribution in [-0.2, 0) is 6.54 Å². The van der Waals surface area contributed by atoms with Crippen LogP contribution >= 0.6 is 11.6 Å². The van der Waals surface area contributed by atoms with E-state index in [0.717, 1.165) is 11.3 Å². The van der Waals surface area contributed by atoms with Gasteiger partial charge in [-0.05, 0) is 66.2 Å². The molecule has 0 fully saturated rings. The molecule has 0 aliphatic heterocycles. The van der Waals surface area contributed by atoms with Gasteiger partial charge in [0, 0.05) is 16.3 Å². The van der Waals surface area contributed by atoms with Crippen molar-refractivity contribution >= 4 is 23.2 Å². The Morgan fingerprint density at radius 3 is 2.15 bits per heavy atom. The van der Waals surface area contributed by atoms with E-state index in [1.54, 1.807) is 60.5 Å². The van der Waals surface area contributed by atoms with Gasteiger partial charge in [-0.1, -0.05) is 23.7 Å². The van der Waals surface area contributed by atoms with Crippen molar-refractivity contribution in [3.8, 4) is 5.75 Å². The normalized spacial score (nSPS) is 10.4. The molecule has 3 aromatic carbocycles. The van der Waals surface area contributed by atoms with E-state index < -0.39 is 0 Å². The average Bonchev–Trinajstić information content (AvgIpc) is 2.68. The van der Waals surface area contributed by atoms with Gasteiger partial charge in [0.15, 0.2) is 0 Å². The fourth-order valence-electron chi connectivity index (χ4n) is 2.56. The fourth-order valence-corrected chi connectivity index (χ4v) is 2.69. The third kappa shape index (κ3) is 4.21. The molecule has 3 aromatic rings. The fraction of sp³-hybridized carbons (Fsp3) is 0.0952. The zero-order valence-corrected chi connectivity index (χ0v) is 14.9. The maximum atomic E-state index is 13.2. The smallest absolute Gasteiger partial charge is 0.258 e. The highest BCUT2D eigenvalue weighted by Gasteiger charge is 2.18. The second-order valence-corrected chi connectivity index (χ2v) is 6.16. The summed E-state index contributed by atoms with van der Waals surface area (Å²) in [5.74, 6) is 0.222. The van der Waals surface area contributed by atoms with E-state index in [2.05, 4.69) is 0 Å². The molecule has 0 aromatic heterocycles. The van der Waals surface area contributed by atoms with Crippen LogP contribution in [0.5, 0.6) is 5.75 Å². The summed E-state index contributed by atoms with van der Waals surface area (Å²) in [6.07, 6.45) is 0. The van der Waals surface area contributed by atoms with Gasteiger partial charge in [0.05, 0.1) is 13.7 Å². The Balaban J connectivity index is 1.95. The summed E-state index contributed by atoms with van der Waals surface area (Å²) < 4.78 is 18.4. The number of hydrogen-bond acceptors (Lipinski definition) is 2. The number of hydrogen-bond donors (Lipinski definition) is 0. The Bertz CT molecular complexity index is 877. The predicted molar refractivity (Wildman–Crippen MR) is 101 cm³/mol. The first kappa shape index (κ1) is 18.0. The van der Waals surface area contributed by atoms with Crippen LogP contribution in [0.15, 0.2) is 72.8 Å². The molecule has 3 nitrogen and oxygen atoms in total. The summed E-state index contributed by atoms with van der Waals surface area (Å²) in [6.45, 7) is 0.314. The lowest BCUT2D eigenvalue weighted by atomic mass is 10.1. The quantitative estimate of drug-likeness (QED) is 0.608. The average molecular weight is 370 g/mol. The van der Waals surface area contributed by atoms with Crippen molar-refractivity contribution in [3.05, 3.63) is 94.8 Å². The molecule has 0 atom stereocenters. The summed E-state index contributed by atoms with van der Waals surface area (Å²) in [5.41, 5.74) is 2.06. The van der Waals surface area contributed by atoms with Gasteiger partial charge >= 0.3 is 0 Å². The largest absolute Gasteiger partial charge is 0.497 e. The van der Waals surface area contributed by atoms with E-state index in [4.69, 9.17) is 16.3 Å². The lowest BCUT2D eigenvalue weighted by Gasteiger charge is -2.23. The van der Waals surface area contributed by atoms with Gasteiger partial charge in [-0.25, -0.2) is 4.39 Å². The zero-order valence-electron chi connectivity index (χ0n) is 14.2. The van der Waals surface area contributed by atoms with Crippen LogP contribution in [0.1, 0.15) is 15.9 Å². The van der Waals surface area contributed by atoms with Crippen LogP contribution in [-0.4, -0.2) is 13.0 Å². The SMILES string of the molecule is COc1ccc(N(Cc2ccc(F)cc2)C(=O)c2ccc(Cl)cc2)cc1. The van der Waals surface area contributed by atoms with Gasteiger partial charge in [0.1, 0.15) is 11.6 Å². The molecule has 0 unspecified atom stereocenters. The van der Waals surface area contributed by atoms with E-state index in [0.29, 0.717) is 22.9 Å². The number of carbonyl (C=O) groups is 1. The highest BCUT2D eigenvalue weighted by atomic mass is 35.5. The standard InChI is InChI=1S/C21H17ClFNO2/c1-26-20-12-10-19(11-13-20)24(14-15-2-8-18(23)9-3-15)21(25)16-4-6-17(22)7-5-16/h2-13H,14H2,1H3. The molecule has 1 amide bonds. The molecule has 0 N–H and O–H groups in total. The molecule has 0 saturated carbocycles. The van der Waals surface area contributed by atoms with Crippen molar-refractivity contribution in [3.63, 3.8) is 0 Å². The van der Waals surface area contributed by atoms with Crippen LogP contribution in [0.25, 0.3) is 0 Å². The Hall–Kier alpha value is -2.85. The molecule has 0 heterocycles. The molecular formula is C21H17ClFNO2. The first-order chi connectivity index (χ1) is 12.6. The topological polar surface area (TPSA) is 29.5 Å². The minimum atomic E-state index is -0.311. The van der Waals surface area contributed by atoms with Crippen molar-refractivity contribution < 1.29 is 13.9 Å². The van der Waals surface area contributed by atoms with Crippen LogP contribution < -0.4 is 9.64 Å². The van der Waals surface area contributed by atoms with Gasteiger partial charge < -0.3 is 9.64 Å². The monoisotopic (exact) mass is 369 g/mol. The Labute approximate surface area is 156 Å². The summed E-state index contributed by atoms with van der Waals surface area (Å²) in [4.78, 5) is 14.7. The highest BCUT2D eigenvalue weighted by molar-refractivity contribution is 6.30. The summed E-state index contributed by atoms with van der Waals surface area (Å²) in [5, 5.41) is 0.566. The van der Waals surface area contributed by atoms with Gasteiger partial charge in [-0.15, -0.1) is 0 Å². The number of ether oxygens (including phenoxy) is 1. The predicted octanol–water partition coefficient (Wildman–Crippen LogP) is 5.33. The van der Waals surface area contributed by atoms with E-state index in [-0.39, 0.29) is 11.7 Å². The molecule has 0 aliphatic rings. The van der Waals surface area contributed by atoms with Crippen molar-refractivity contribution in [1.82, 2.24) is 0 Å². The van der Waals surface area contributed by atoms with Crippen molar-refractivity contribution in [2.75, 3.05) is 12.0 Å². The number of benzene rings is 3. The molecule has 132 valence electrons. The molecular weight excluding hydrogens is 353 g/mol.